The summed E-state index contributed by atoms with van der Waals surface area (Å²) in [6, 6.07) is 8.25. The Labute approximate surface area is 95.2 Å². The van der Waals surface area contributed by atoms with Gasteiger partial charge in [0.25, 0.3) is 0 Å². The fraction of sp³-hybridized carbons (Fsp3) is 0.538. The molecular weight excluding hydrogens is 204 g/mol. The van der Waals surface area contributed by atoms with Gasteiger partial charge in [0.05, 0.1) is 0 Å². The maximum absolute atomic E-state index is 5.72. The van der Waals surface area contributed by atoms with Gasteiger partial charge in [0.1, 0.15) is 0 Å². The summed E-state index contributed by atoms with van der Waals surface area (Å²) in [5.74, 6) is 0.211. The van der Waals surface area contributed by atoms with E-state index in [0.717, 1.165) is 5.56 Å². The lowest BCUT2D eigenvalue weighted by Gasteiger charge is -2.36. The van der Waals surface area contributed by atoms with Crippen LogP contribution in [0.4, 0.5) is 0 Å². The van der Waals surface area contributed by atoms with Crippen molar-refractivity contribution in [1.29, 1.82) is 0 Å². The second kappa shape index (κ2) is 3.29. The summed E-state index contributed by atoms with van der Waals surface area (Å²) >= 11 is 0. The largest absolute Gasteiger partial charge is 0.313 e. The van der Waals surface area contributed by atoms with Gasteiger partial charge >= 0.3 is 0 Å². The van der Waals surface area contributed by atoms with Crippen LogP contribution < -0.4 is 0 Å². The number of benzene rings is 1. The lowest BCUT2D eigenvalue weighted by atomic mass is 9.73. The predicted octanol–water partition coefficient (Wildman–Crippen LogP) is 3.13. The Balaban J connectivity index is 2.14. The Bertz CT molecular complexity index is 408. The molecule has 0 aliphatic carbocycles. The van der Waals surface area contributed by atoms with Crippen molar-refractivity contribution in [3.8, 4) is 0 Å². The van der Waals surface area contributed by atoms with Gasteiger partial charge in [-0.2, -0.15) is 4.89 Å². The summed E-state index contributed by atoms with van der Waals surface area (Å²) in [7, 11) is 0. The number of hydrogen-bond donors (Lipinski definition) is 0. The van der Waals surface area contributed by atoms with Gasteiger partial charge in [0.15, 0.2) is 0 Å². The van der Waals surface area contributed by atoms with Gasteiger partial charge in [-0.05, 0) is 11.0 Å². The van der Waals surface area contributed by atoms with Crippen LogP contribution >= 0.6 is 0 Å². The maximum Gasteiger partial charge on any atom is 0.220 e. The van der Waals surface area contributed by atoms with Crippen molar-refractivity contribution in [2.75, 3.05) is 0 Å². The molecular formula is C13H16O3. The van der Waals surface area contributed by atoms with E-state index in [1.807, 2.05) is 12.1 Å². The third kappa shape index (κ3) is 1.39. The molecule has 0 radical (unpaired) electrons. The lowest BCUT2D eigenvalue weighted by molar-refractivity contribution is -0.300. The first-order valence-electron chi connectivity index (χ1n) is 5.64. The van der Waals surface area contributed by atoms with Crippen molar-refractivity contribution in [2.24, 2.45) is 5.41 Å². The molecule has 2 aliphatic heterocycles. The van der Waals surface area contributed by atoms with E-state index in [4.69, 9.17) is 14.5 Å². The van der Waals surface area contributed by atoms with E-state index in [1.165, 1.54) is 5.56 Å². The van der Waals surface area contributed by atoms with E-state index in [9.17, 15) is 0 Å². The zero-order valence-corrected chi connectivity index (χ0v) is 9.77. The first kappa shape index (κ1) is 10.3. The Morgan fingerprint density at radius 2 is 1.69 bits per heavy atom. The van der Waals surface area contributed by atoms with Crippen LogP contribution in [-0.4, -0.2) is 6.29 Å². The van der Waals surface area contributed by atoms with Crippen molar-refractivity contribution >= 4 is 0 Å². The minimum atomic E-state index is -0.347. The zero-order valence-electron chi connectivity index (χ0n) is 9.77. The van der Waals surface area contributed by atoms with Crippen molar-refractivity contribution < 1.29 is 14.5 Å². The number of ether oxygens (including phenoxy) is 1. The molecule has 2 aliphatic rings. The molecule has 2 bridgehead atoms. The molecule has 1 fully saturated rings. The summed E-state index contributed by atoms with van der Waals surface area (Å²) in [5.41, 5.74) is 2.46. The van der Waals surface area contributed by atoms with Gasteiger partial charge in [-0.3, -0.25) is 0 Å². The molecule has 0 saturated carbocycles. The Hall–Kier alpha value is -0.900. The molecule has 3 atom stereocenters. The van der Waals surface area contributed by atoms with E-state index >= 15 is 0 Å². The molecule has 0 spiro atoms. The molecule has 1 aromatic rings. The Morgan fingerprint density at radius 1 is 1.00 bits per heavy atom. The quantitative estimate of drug-likeness (QED) is 0.629. The van der Waals surface area contributed by atoms with Gasteiger partial charge in [0, 0.05) is 11.5 Å². The Kier molecular flexibility index (Phi) is 2.11. The van der Waals surface area contributed by atoms with Crippen molar-refractivity contribution in [3.63, 3.8) is 0 Å². The third-order valence-corrected chi connectivity index (χ3v) is 3.29. The van der Waals surface area contributed by atoms with Crippen LogP contribution in [0.25, 0.3) is 0 Å². The van der Waals surface area contributed by atoms with Gasteiger partial charge < -0.3 is 4.74 Å². The predicted molar refractivity (Wildman–Crippen MR) is 58.4 cm³/mol. The molecule has 3 heteroatoms. The molecule has 1 aromatic carbocycles. The summed E-state index contributed by atoms with van der Waals surface area (Å²) in [6.45, 7) is 6.58. The van der Waals surface area contributed by atoms with E-state index in [1.54, 1.807) is 0 Å². The summed E-state index contributed by atoms with van der Waals surface area (Å²) in [4.78, 5) is 10.5. The lowest BCUT2D eigenvalue weighted by Crippen LogP contribution is -2.34. The molecule has 2 heterocycles. The second-order valence-corrected chi connectivity index (χ2v) is 5.50. The highest BCUT2D eigenvalue weighted by Gasteiger charge is 2.47. The fourth-order valence-corrected chi connectivity index (χ4v) is 2.56. The van der Waals surface area contributed by atoms with Crippen LogP contribution in [0.15, 0.2) is 24.3 Å². The average Bonchev–Trinajstić information content (AvgIpc) is 2.61. The van der Waals surface area contributed by atoms with Crippen LogP contribution in [0.2, 0.25) is 0 Å². The van der Waals surface area contributed by atoms with E-state index < -0.39 is 0 Å². The number of hydrogen-bond acceptors (Lipinski definition) is 3. The van der Waals surface area contributed by atoms with Gasteiger partial charge in [0.2, 0.25) is 12.6 Å². The second-order valence-electron chi connectivity index (χ2n) is 5.50. The third-order valence-electron chi connectivity index (χ3n) is 3.29. The smallest absolute Gasteiger partial charge is 0.220 e. The van der Waals surface area contributed by atoms with Crippen molar-refractivity contribution in [3.05, 3.63) is 35.4 Å². The van der Waals surface area contributed by atoms with Crippen LogP contribution in [0.3, 0.4) is 0 Å². The molecule has 0 aromatic heterocycles. The molecule has 0 unspecified atom stereocenters. The molecule has 1 saturated heterocycles. The number of fused-ring (bicyclic) bond motifs is 4. The fourth-order valence-electron chi connectivity index (χ4n) is 2.56. The van der Waals surface area contributed by atoms with E-state index in [2.05, 4.69) is 32.9 Å². The summed E-state index contributed by atoms with van der Waals surface area (Å²) in [6.07, 6.45) is -0.625. The van der Waals surface area contributed by atoms with Crippen molar-refractivity contribution in [2.45, 2.75) is 39.3 Å². The highest BCUT2D eigenvalue weighted by atomic mass is 17.3. The Morgan fingerprint density at radius 3 is 2.38 bits per heavy atom. The molecule has 86 valence electrons. The molecule has 3 nitrogen and oxygen atoms in total. The van der Waals surface area contributed by atoms with Gasteiger partial charge in [-0.15, -0.1) is 0 Å². The average molecular weight is 220 g/mol. The molecule has 3 rings (SSSR count). The van der Waals surface area contributed by atoms with Gasteiger partial charge in [-0.25, -0.2) is 4.89 Å². The van der Waals surface area contributed by atoms with Crippen molar-refractivity contribution in [1.82, 2.24) is 0 Å². The molecule has 0 N–H and O–H groups in total. The normalized spacial score (nSPS) is 32.6. The van der Waals surface area contributed by atoms with Crippen LogP contribution in [0.1, 0.15) is 44.1 Å². The molecule has 16 heavy (non-hydrogen) atoms. The maximum atomic E-state index is 5.72. The van der Waals surface area contributed by atoms with E-state index in [-0.39, 0.29) is 23.9 Å². The van der Waals surface area contributed by atoms with E-state index in [0.29, 0.717) is 0 Å². The summed E-state index contributed by atoms with van der Waals surface area (Å²) < 4.78 is 5.72. The SMILES string of the molecule is CC(C)(C)[C@H]1c2ccccc2[C@@H]2OO[C@H]1O2. The van der Waals surface area contributed by atoms with Crippen LogP contribution in [0, 0.1) is 5.41 Å². The minimum absolute atomic E-state index is 0.0828. The number of rotatable bonds is 0. The first-order valence-corrected chi connectivity index (χ1v) is 5.64. The first-order chi connectivity index (χ1) is 7.57. The topological polar surface area (TPSA) is 27.7 Å². The molecule has 0 amide bonds. The zero-order chi connectivity index (χ0) is 11.3. The van der Waals surface area contributed by atoms with Crippen LogP contribution in [-0.2, 0) is 14.5 Å². The highest BCUT2D eigenvalue weighted by Crippen LogP contribution is 2.50. The summed E-state index contributed by atoms with van der Waals surface area (Å²) in [5, 5.41) is 0. The van der Waals surface area contributed by atoms with Gasteiger partial charge in [-0.1, -0.05) is 45.0 Å². The standard InChI is InChI=1S/C13H16O3/c1-13(2,3)10-8-6-4-5-7-9(8)11-14-12(10)16-15-11/h4-7,10-12H,1-3H3/t10-,11-,12+/m0/s1. The highest BCUT2D eigenvalue weighted by molar-refractivity contribution is 5.35. The monoisotopic (exact) mass is 220 g/mol. The minimum Gasteiger partial charge on any atom is -0.313 e. The van der Waals surface area contributed by atoms with Crippen LogP contribution in [0.5, 0.6) is 0 Å².